The molecule has 0 saturated heterocycles. The van der Waals surface area contributed by atoms with Gasteiger partial charge >= 0.3 is 5.97 Å². The lowest BCUT2D eigenvalue weighted by Crippen LogP contribution is -2.43. The summed E-state index contributed by atoms with van der Waals surface area (Å²) in [6.45, 7) is 18.9. The number of hydrogen-bond donors (Lipinski definition) is 1. The smallest absolute Gasteiger partial charge is 0.337 e. The largest absolute Gasteiger partial charge is 0.490 e. The highest BCUT2D eigenvalue weighted by Gasteiger charge is 2.37. The molecule has 0 bridgehead atoms. The minimum Gasteiger partial charge on any atom is -0.490 e. The van der Waals surface area contributed by atoms with Crippen molar-refractivity contribution in [2.75, 3.05) is 13.2 Å². The highest BCUT2D eigenvalue weighted by Crippen LogP contribution is 2.47. The molecule has 6 heteroatoms. The van der Waals surface area contributed by atoms with Crippen LogP contribution >= 0.6 is 0 Å². The standard InChI is InChI=1S/C35H48FNO4/c1-20-25-10-9-17-40-31(25)28(36)18-26(20)29-22(3)27-19-37(23-11-14-35(7,8)15-12-23)16-13-24(27)21(2)30(29)32(33(38)39)41-34(4,5)6/h18,23,32H,9-17,19H2,1-8H3,(H,38,39)/t32-/m0/s1. The Kier molecular flexibility index (Phi) is 8.06. The van der Waals surface area contributed by atoms with Crippen LogP contribution in [0.2, 0.25) is 0 Å². The number of carboxylic acids is 1. The number of carboxylic acid groups (broad SMARTS) is 1. The van der Waals surface area contributed by atoms with Crippen LogP contribution in [0, 0.1) is 32.0 Å². The second-order valence-electron chi connectivity index (χ2n) is 14.4. The molecule has 1 aliphatic carbocycles. The maximum absolute atomic E-state index is 15.6. The second kappa shape index (κ2) is 11.0. The van der Waals surface area contributed by atoms with Gasteiger partial charge in [-0.3, -0.25) is 4.90 Å². The fourth-order valence-electron chi connectivity index (χ4n) is 7.49. The van der Waals surface area contributed by atoms with Crippen LogP contribution in [0.25, 0.3) is 11.1 Å². The van der Waals surface area contributed by atoms with Crippen molar-refractivity contribution in [3.05, 3.63) is 50.8 Å². The Morgan fingerprint density at radius 1 is 1.07 bits per heavy atom. The van der Waals surface area contributed by atoms with Gasteiger partial charge in [-0.15, -0.1) is 0 Å². The normalized spacial score (nSPS) is 20.2. The van der Waals surface area contributed by atoms with E-state index in [4.69, 9.17) is 9.47 Å². The second-order valence-corrected chi connectivity index (χ2v) is 14.4. The molecule has 5 nitrogen and oxygen atoms in total. The summed E-state index contributed by atoms with van der Waals surface area (Å²) >= 11 is 0. The van der Waals surface area contributed by atoms with Gasteiger partial charge < -0.3 is 14.6 Å². The van der Waals surface area contributed by atoms with E-state index in [9.17, 15) is 9.90 Å². The molecule has 1 N–H and O–H groups in total. The maximum atomic E-state index is 15.6. The van der Waals surface area contributed by atoms with Crippen LogP contribution in [0.15, 0.2) is 6.07 Å². The SMILES string of the molecule is Cc1c(-c2c(C)c3c(c(C)c2[C@H](OC(C)(C)C)C(=O)O)CCN(C2CCC(C)(C)CC2)C3)cc(F)c2c1CCCO2. The Labute approximate surface area is 245 Å². The summed E-state index contributed by atoms with van der Waals surface area (Å²) in [5.41, 5.74) is 8.34. The van der Waals surface area contributed by atoms with Crippen molar-refractivity contribution in [3.8, 4) is 16.9 Å². The zero-order valence-corrected chi connectivity index (χ0v) is 26.3. The highest BCUT2D eigenvalue weighted by atomic mass is 19.1. The maximum Gasteiger partial charge on any atom is 0.337 e. The molecule has 2 heterocycles. The van der Waals surface area contributed by atoms with E-state index in [-0.39, 0.29) is 5.82 Å². The van der Waals surface area contributed by atoms with Crippen molar-refractivity contribution in [1.29, 1.82) is 0 Å². The molecule has 2 aliphatic heterocycles. The predicted octanol–water partition coefficient (Wildman–Crippen LogP) is 8.01. The van der Waals surface area contributed by atoms with Crippen LogP contribution in [0.1, 0.15) is 112 Å². The lowest BCUT2D eigenvalue weighted by molar-refractivity contribution is -0.160. The molecule has 0 unspecified atom stereocenters. The summed E-state index contributed by atoms with van der Waals surface area (Å²) < 4.78 is 27.6. The van der Waals surface area contributed by atoms with Crippen LogP contribution in [-0.4, -0.2) is 40.8 Å². The van der Waals surface area contributed by atoms with Crippen LogP contribution in [0.5, 0.6) is 5.75 Å². The number of ether oxygens (including phenoxy) is 2. The van der Waals surface area contributed by atoms with Gasteiger partial charge in [-0.1, -0.05) is 13.8 Å². The highest BCUT2D eigenvalue weighted by molar-refractivity contribution is 5.85. The number of fused-ring (bicyclic) bond motifs is 2. The summed E-state index contributed by atoms with van der Waals surface area (Å²) in [6, 6.07) is 2.13. The summed E-state index contributed by atoms with van der Waals surface area (Å²) in [4.78, 5) is 15.5. The van der Waals surface area contributed by atoms with Crippen molar-refractivity contribution in [3.63, 3.8) is 0 Å². The number of hydrogen-bond acceptors (Lipinski definition) is 4. The molecule has 0 radical (unpaired) electrons. The molecule has 5 rings (SSSR count). The van der Waals surface area contributed by atoms with Gasteiger partial charge in [0.1, 0.15) is 0 Å². The fourth-order valence-corrected chi connectivity index (χ4v) is 7.49. The molecule has 0 spiro atoms. The molecule has 1 saturated carbocycles. The topological polar surface area (TPSA) is 59.0 Å². The molecule has 2 aromatic rings. The van der Waals surface area contributed by atoms with Crippen LogP contribution in [-0.2, 0) is 28.9 Å². The molecule has 1 atom stereocenters. The first-order chi connectivity index (χ1) is 19.2. The molecule has 0 amide bonds. The van der Waals surface area contributed by atoms with Gasteiger partial charge in [-0.2, -0.15) is 0 Å². The van der Waals surface area contributed by atoms with E-state index in [1.54, 1.807) is 6.07 Å². The quantitative estimate of drug-likeness (QED) is 0.398. The Morgan fingerprint density at radius 2 is 1.76 bits per heavy atom. The van der Waals surface area contributed by atoms with E-state index < -0.39 is 17.7 Å². The summed E-state index contributed by atoms with van der Waals surface area (Å²) in [7, 11) is 0. The number of aliphatic carboxylic acids is 1. The van der Waals surface area contributed by atoms with E-state index in [1.807, 2.05) is 34.6 Å². The Morgan fingerprint density at radius 3 is 2.39 bits per heavy atom. The van der Waals surface area contributed by atoms with Gasteiger partial charge in [0.15, 0.2) is 17.7 Å². The Balaban J connectivity index is 1.70. The average molecular weight is 566 g/mol. The van der Waals surface area contributed by atoms with Crippen molar-refractivity contribution in [1.82, 2.24) is 4.90 Å². The van der Waals surface area contributed by atoms with E-state index in [0.29, 0.717) is 29.4 Å². The van der Waals surface area contributed by atoms with Gasteiger partial charge in [-0.25, -0.2) is 9.18 Å². The van der Waals surface area contributed by atoms with E-state index in [2.05, 4.69) is 25.7 Å². The molecule has 2 aromatic carbocycles. The Bertz CT molecular complexity index is 1350. The van der Waals surface area contributed by atoms with E-state index in [0.717, 1.165) is 65.7 Å². The van der Waals surface area contributed by atoms with Crippen molar-refractivity contribution >= 4 is 5.97 Å². The van der Waals surface area contributed by atoms with Crippen molar-refractivity contribution < 1.29 is 23.8 Å². The van der Waals surface area contributed by atoms with Crippen molar-refractivity contribution in [2.45, 2.75) is 125 Å². The summed E-state index contributed by atoms with van der Waals surface area (Å²) in [5, 5.41) is 10.5. The van der Waals surface area contributed by atoms with Crippen LogP contribution < -0.4 is 4.74 Å². The average Bonchev–Trinajstić information content (AvgIpc) is 2.91. The lowest BCUT2D eigenvalue weighted by atomic mass is 9.74. The third-order valence-electron chi connectivity index (χ3n) is 9.82. The summed E-state index contributed by atoms with van der Waals surface area (Å²) in [5.74, 6) is -1.06. The monoisotopic (exact) mass is 565 g/mol. The molecule has 41 heavy (non-hydrogen) atoms. The number of benzene rings is 2. The van der Waals surface area contributed by atoms with Gasteiger partial charge in [0.2, 0.25) is 0 Å². The number of rotatable bonds is 5. The third-order valence-corrected chi connectivity index (χ3v) is 9.82. The zero-order chi connectivity index (χ0) is 29.9. The first-order valence-electron chi connectivity index (χ1n) is 15.4. The minimum absolute atomic E-state index is 0.346. The predicted molar refractivity (Wildman–Crippen MR) is 161 cm³/mol. The summed E-state index contributed by atoms with van der Waals surface area (Å²) in [6.07, 6.45) is 6.19. The lowest BCUT2D eigenvalue weighted by Gasteiger charge is -2.43. The third kappa shape index (κ3) is 5.79. The number of halogens is 1. The van der Waals surface area contributed by atoms with Gasteiger partial charge in [-0.05, 0) is 137 Å². The van der Waals surface area contributed by atoms with Crippen LogP contribution in [0.4, 0.5) is 4.39 Å². The molecular formula is C35H48FNO4. The van der Waals surface area contributed by atoms with Crippen molar-refractivity contribution in [2.24, 2.45) is 5.41 Å². The Hall–Kier alpha value is -2.44. The van der Waals surface area contributed by atoms with Gasteiger partial charge in [0.25, 0.3) is 0 Å². The van der Waals surface area contributed by atoms with Gasteiger partial charge in [0, 0.05) is 30.3 Å². The molecular weight excluding hydrogens is 517 g/mol. The van der Waals surface area contributed by atoms with Gasteiger partial charge in [0.05, 0.1) is 12.2 Å². The van der Waals surface area contributed by atoms with E-state index >= 15 is 4.39 Å². The molecule has 3 aliphatic rings. The number of carbonyl (C=O) groups is 1. The fraction of sp³-hybridized carbons (Fsp3) is 0.629. The first-order valence-corrected chi connectivity index (χ1v) is 15.4. The minimum atomic E-state index is -1.16. The molecule has 1 fully saturated rings. The van der Waals surface area contributed by atoms with E-state index in [1.165, 1.54) is 36.8 Å². The molecule has 224 valence electrons. The molecule has 0 aromatic heterocycles. The zero-order valence-electron chi connectivity index (χ0n) is 26.3. The van der Waals surface area contributed by atoms with Crippen LogP contribution in [0.3, 0.4) is 0 Å². The first kappa shape index (κ1) is 30.0. The number of nitrogens with zero attached hydrogens (tertiary/aromatic N) is 1.